The van der Waals surface area contributed by atoms with Crippen LogP contribution in [0.3, 0.4) is 0 Å². The van der Waals surface area contributed by atoms with Crippen LogP contribution in [0, 0.1) is 13.8 Å². The number of aryl methyl sites for hydroxylation is 2. The van der Waals surface area contributed by atoms with E-state index in [9.17, 15) is 0 Å². The Kier molecular flexibility index (Phi) is 2.71. The minimum Gasteiger partial charge on any atom is -0.364 e. The van der Waals surface area contributed by atoms with Crippen LogP contribution in [0.15, 0.2) is 12.8 Å². The monoisotopic (exact) mass is 164 g/mol. The molecular weight excluding hydrogens is 148 g/mol. The number of rotatable bonds is 3. The lowest BCUT2D eigenvalue weighted by molar-refractivity contribution is 1.02. The summed E-state index contributed by atoms with van der Waals surface area (Å²) in [6, 6.07) is 0. The first-order chi connectivity index (χ1) is 5.66. The van der Waals surface area contributed by atoms with E-state index in [4.69, 9.17) is 5.73 Å². The van der Waals surface area contributed by atoms with Crippen LogP contribution in [-0.2, 0) is 0 Å². The Balaban J connectivity index is 2.93. The van der Waals surface area contributed by atoms with Crippen LogP contribution in [0.25, 0.3) is 5.57 Å². The van der Waals surface area contributed by atoms with E-state index in [1.54, 1.807) is 0 Å². The van der Waals surface area contributed by atoms with Gasteiger partial charge in [-0.25, -0.2) is 0 Å². The van der Waals surface area contributed by atoms with Gasteiger partial charge in [0, 0.05) is 17.5 Å². The van der Waals surface area contributed by atoms with Gasteiger partial charge in [-0.05, 0) is 37.9 Å². The topological polar surface area (TPSA) is 41.8 Å². The summed E-state index contributed by atoms with van der Waals surface area (Å²) in [5, 5.41) is 0. The molecule has 0 unspecified atom stereocenters. The lowest BCUT2D eigenvalue weighted by atomic mass is 10.0. The maximum Gasteiger partial charge on any atom is 0.0194 e. The Morgan fingerprint density at radius 2 is 2.25 bits per heavy atom. The van der Waals surface area contributed by atoms with Gasteiger partial charge in [-0.2, -0.15) is 0 Å². The molecule has 0 fully saturated rings. The minimum absolute atomic E-state index is 0.670. The van der Waals surface area contributed by atoms with E-state index in [1.807, 2.05) is 6.20 Å². The smallest absolute Gasteiger partial charge is 0.0194 e. The van der Waals surface area contributed by atoms with Crippen LogP contribution in [0.4, 0.5) is 0 Å². The molecule has 3 N–H and O–H groups in total. The highest BCUT2D eigenvalue weighted by Crippen LogP contribution is 2.22. The highest BCUT2D eigenvalue weighted by atomic mass is 14.7. The first-order valence-electron chi connectivity index (χ1n) is 4.19. The third-order valence-corrected chi connectivity index (χ3v) is 2.07. The number of nitrogens with two attached hydrogens (primary N) is 1. The average Bonchev–Trinajstić information content (AvgIpc) is 2.32. The van der Waals surface area contributed by atoms with Crippen molar-refractivity contribution in [2.24, 2.45) is 5.73 Å². The van der Waals surface area contributed by atoms with Crippen LogP contribution in [0.2, 0.25) is 0 Å². The molecule has 1 aromatic rings. The number of hydrogen-bond donors (Lipinski definition) is 2. The summed E-state index contributed by atoms with van der Waals surface area (Å²) >= 11 is 0. The Labute approximate surface area is 73.5 Å². The highest BCUT2D eigenvalue weighted by molar-refractivity contribution is 5.68. The molecule has 2 nitrogen and oxygen atoms in total. The van der Waals surface area contributed by atoms with Gasteiger partial charge in [-0.3, -0.25) is 0 Å². The van der Waals surface area contributed by atoms with Crippen molar-refractivity contribution in [1.29, 1.82) is 0 Å². The van der Waals surface area contributed by atoms with E-state index >= 15 is 0 Å². The van der Waals surface area contributed by atoms with Gasteiger partial charge in [0.05, 0.1) is 0 Å². The van der Waals surface area contributed by atoms with Gasteiger partial charge in [-0.1, -0.05) is 6.58 Å². The second-order valence-corrected chi connectivity index (χ2v) is 3.11. The third-order valence-electron chi connectivity index (χ3n) is 2.07. The fourth-order valence-corrected chi connectivity index (χ4v) is 1.50. The maximum absolute atomic E-state index is 5.46. The molecule has 0 atom stereocenters. The fraction of sp³-hybridized carbons (Fsp3) is 0.400. The Bertz CT molecular complexity index is 265. The van der Waals surface area contributed by atoms with Gasteiger partial charge in [-0.15, -0.1) is 0 Å². The molecular formula is C10H16N2. The largest absolute Gasteiger partial charge is 0.364 e. The van der Waals surface area contributed by atoms with Crippen molar-refractivity contribution in [3.05, 3.63) is 29.6 Å². The van der Waals surface area contributed by atoms with Gasteiger partial charge < -0.3 is 10.7 Å². The van der Waals surface area contributed by atoms with Crippen molar-refractivity contribution in [3.8, 4) is 0 Å². The lowest BCUT2D eigenvalue weighted by Crippen LogP contribution is -2.00. The molecule has 0 bridgehead atoms. The quantitative estimate of drug-likeness (QED) is 0.704. The Morgan fingerprint density at radius 3 is 2.67 bits per heavy atom. The number of nitrogens with one attached hydrogen (secondary N) is 1. The van der Waals surface area contributed by atoms with E-state index in [2.05, 4.69) is 25.4 Å². The summed E-state index contributed by atoms with van der Waals surface area (Å²) in [5.74, 6) is 0. The van der Waals surface area contributed by atoms with Crippen LogP contribution in [0.1, 0.15) is 23.2 Å². The summed E-state index contributed by atoms with van der Waals surface area (Å²) in [4.78, 5) is 3.17. The normalized spacial score (nSPS) is 10.2. The maximum atomic E-state index is 5.46. The van der Waals surface area contributed by atoms with E-state index in [-0.39, 0.29) is 0 Å². The number of hydrogen-bond acceptors (Lipinski definition) is 1. The second kappa shape index (κ2) is 3.59. The molecule has 12 heavy (non-hydrogen) atoms. The molecule has 0 saturated carbocycles. The van der Waals surface area contributed by atoms with E-state index in [0.717, 1.165) is 12.0 Å². The molecule has 1 aromatic heterocycles. The molecule has 0 radical (unpaired) electrons. The standard InChI is InChI=1S/C10H16N2/c1-7(4-5-11)10-8(2)6-12-9(10)3/h6,12H,1,4-5,11H2,2-3H3. The zero-order valence-corrected chi connectivity index (χ0v) is 7.78. The summed E-state index contributed by atoms with van der Waals surface area (Å²) in [6.07, 6.45) is 2.88. The zero-order chi connectivity index (χ0) is 9.14. The molecule has 0 aliphatic carbocycles. The number of H-pyrrole nitrogens is 1. The summed E-state index contributed by atoms with van der Waals surface area (Å²) in [7, 11) is 0. The van der Waals surface area contributed by atoms with Gasteiger partial charge in [0.15, 0.2) is 0 Å². The first kappa shape index (κ1) is 9.07. The van der Waals surface area contributed by atoms with Crippen molar-refractivity contribution in [3.63, 3.8) is 0 Å². The zero-order valence-electron chi connectivity index (χ0n) is 7.78. The number of aromatic nitrogens is 1. The molecule has 66 valence electrons. The first-order valence-corrected chi connectivity index (χ1v) is 4.19. The van der Waals surface area contributed by atoms with Crippen molar-refractivity contribution in [1.82, 2.24) is 4.98 Å². The SMILES string of the molecule is C=C(CCN)c1c(C)c[nH]c1C. The van der Waals surface area contributed by atoms with Crippen LogP contribution >= 0.6 is 0 Å². The second-order valence-electron chi connectivity index (χ2n) is 3.11. The Hall–Kier alpha value is -1.02. The summed E-state index contributed by atoms with van der Waals surface area (Å²) in [6.45, 7) is 8.82. The fourth-order valence-electron chi connectivity index (χ4n) is 1.50. The molecule has 0 amide bonds. The van der Waals surface area contributed by atoms with Crippen LogP contribution < -0.4 is 5.73 Å². The van der Waals surface area contributed by atoms with Gasteiger partial charge in [0.1, 0.15) is 0 Å². The molecule has 0 aliphatic heterocycles. The molecule has 2 heteroatoms. The Morgan fingerprint density at radius 1 is 1.58 bits per heavy atom. The van der Waals surface area contributed by atoms with E-state index in [1.165, 1.54) is 16.8 Å². The lowest BCUT2D eigenvalue weighted by Gasteiger charge is -2.04. The summed E-state index contributed by atoms with van der Waals surface area (Å²) < 4.78 is 0. The van der Waals surface area contributed by atoms with Gasteiger partial charge in [0.2, 0.25) is 0 Å². The molecule has 0 saturated heterocycles. The average molecular weight is 164 g/mol. The van der Waals surface area contributed by atoms with Gasteiger partial charge in [0.25, 0.3) is 0 Å². The molecule has 0 spiro atoms. The molecule has 0 aromatic carbocycles. The van der Waals surface area contributed by atoms with Crippen LogP contribution in [-0.4, -0.2) is 11.5 Å². The molecule has 1 heterocycles. The predicted octanol–water partition coefficient (Wildman–Crippen LogP) is 1.99. The highest BCUT2D eigenvalue weighted by Gasteiger charge is 2.06. The third kappa shape index (κ3) is 1.59. The minimum atomic E-state index is 0.670. The van der Waals surface area contributed by atoms with E-state index in [0.29, 0.717) is 6.54 Å². The van der Waals surface area contributed by atoms with Crippen LogP contribution in [0.5, 0.6) is 0 Å². The predicted molar refractivity (Wildman–Crippen MR) is 53.0 cm³/mol. The number of aromatic amines is 1. The van der Waals surface area contributed by atoms with Crippen molar-refractivity contribution in [2.75, 3.05) is 6.54 Å². The molecule has 1 rings (SSSR count). The van der Waals surface area contributed by atoms with Crippen molar-refractivity contribution < 1.29 is 0 Å². The van der Waals surface area contributed by atoms with Crippen molar-refractivity contribution >= 4 is 5.57 Å². The van der Waals surface area contributed by atoms with Crippen molar-refractivity contribution in [2.45, 2.75) is 20.3 Å². The molecule has 0 aliphatic rings. The van der Waals surface area contributed by atoms with E-state index < -0.39 is 0 Å². The van der Waals surface area contributed by atoms with Gasteiger partial charge >= 0.3 is 0 Å². The summed E-state index contributed by atoms with van der Waals surface area (Å²) in [5.41, 5.74) is 10.3.